The molecule has 0 aromatic heterocycles. The lowest BCUT2D eigenvalue weighted by Crippen LogP contribution is -2.39. The fourth-order valence-electron chi connectivity index (χ4n) is 2.16. The number of halogens is 1. The smallest absolute Gasteiger partial charge is 0.124 e. The van der Waals surface area contributed by atoms with Crippen molar-refractivity contribution < 1.29 is 4.79 Å². The highest BCUT2D eigenvalue weighted by Gasteiger charge is 2.32. The van der Waals surface area contributed by atoms with Crippen LogP contribution in [0.4, 0.5) is 0 Å². The summed E-state index contributed by atoms with van der Waals surface area (Å²) in [6, 6.07) is 7.67. The largest absolute Gasteiger partial charge is 0.305 e. The lowest BCUT2D eigenvalue weighted by atomic mass is 9.88. The van der Waals surface area contributed by atoms with Gasteiger partial charge >= 0.3 is 0 Å². The summed E-state index contributed by atoms with van der Waals surface area (Å²) in [6.45, 7) is 12.2. The van der Waals surface area contributed by atoms with Crippen LogP contribution in [0.2, 0.25) is 24.7 Å². The molecule has 0 fully saturated rings. The zero-order chi connectivity index (χ0) is 13.9. The van der Waals surface area contributed by atoms with Crippen LogP contribution in [0.15, 0.2) is 36.9 Å². The lowest BCUT2D eigenvalue weighted by Gasteiger charge is -2.26. The van der Waals surface area contributed by atoms with Gasteiger partial charge in [-0.3, -0.25) is 0 Å². The van der Waals surface area contributed by atoms with Crippen molar-refractivity contribution in [2.45, 2.75) is 32.5 Å². The Kier molecular flexibility index (Phi) is 4.94. The normalized spacial score (nSPS) is 14.9. The number of rotatable bonds is 5. The third-order valence-electron chi connectivity index (χ3n) is 3.20. The van der Waals surface area contributed by atoms with Crippen LogP contribution < -0.4 is 0 Å². The number of hydrogen-bond acceptors (Lipinski definition) is 1. The molecule has 2 atom stereocenters. The first-order valence-corrected chi connectivity index (χ1v) is 10.1. The fourth-order valence-corrected chi connectivity index (χ4v) is 3.83. The minimum atomic E-state index is -1.76. The van der Waals surface area contributed by atoms with Crippen LogP contribution >= 0.6 is 11.6 Å². The summed E-state index contributed by atoms with van der Waals surface area (Å²) in [6.07, 6.45) is 1.87. The summed E-state index contributed by atoms with van der Waals surface area (Å²) >= 11 is 5.89. The molecular weight excluding hydrogens is 260 g/mol. The molecule has 0 aliphatic heterocycles. The minimum Gasteiger partial charge on any atom is -0.305 e. The van der Waals surface area contributed by atoms with Crippen molar-refractivity contribution in [2.75, 3.05) is 0 Å². The van der Waals surface area contributed by atoms with E-state index in [1.807, 2.05) is 37.3 Å². The Morgan fingerprint density at radius 3 is 2.17 bits per heavy atom. The summed E-state index contributed by atoms with van der Waals surface area (Å²) < 4.78 is 0. The van der Waals surface area contributed by atoms with Gasteiger partial charge < -0.3 is 4.79 Å². The Hall–Kier alpha value is -0.863. The highest BCUT2D eigenvalue weighted by molar-refractivity contribution is 7.03. The topological polar surface area (TPSA) is 17.1 Å². The second kappa shape index (κ2) is 5.85. The highest BCUT2D eigenvalue weighted by atomic mass is 35.5. The van der Waals surface area contributed by atoms with E-state index in [2.05, 4.69) is 26.2 Å². The van der Waals surface area contributed by atoms with E-state index in [0.717, 1.165) is 5.56 Å². The summed E-state index contributed by atoms with van der Waals surface area (Å²) in [5.74, 6) is 0.0526. The monoisotopic (exact) mass is 280 g/mol. The molecule has 0 spiro atoms. The number of benzene rings is 1. The Bertz CT molecular complexity index is 431. The van der Waals surface area contributed by atoms with Crippen LogP contribution in [-0.4, -0.2) is 13.5 Å². The van der Waals surface area contributed by atoms with Gasteiger partial charge in [0.15, 0.2) is 0 Å². The fraction of sp³-hybridized carbons (Fsp3) is 0.400. The SMILES string of the molecule is C=C[C@H](c1ccc(Cl)cc1)[C@H](C)C(=O)[Si](C)(C)C. The highest BCUT2D eigenvalue weighted by Crippen LogP contribution is 2.29. The third kappa shape index (κ3) is 3.56. The van der Waals surface area contributed by atoms with Crippen molar-refractivity contribution in [1.29, 1.82) is 0 Å². The van der Waals surface area contributed by atoms with E-state index in [1.54, 1.807) is 0 Å². The summed E-state index contributed by atoms with van der Waals surface area (Å²) in [7, 11) is -1.76. The zero-order valence-electron chi connectivity index (χ0n) is 11.5. The van der Waals surface area contributed by atoms with Gasteiger partial charge in [0.1, 0.15) is 13.5 Å². The predicted molar refractivity (Wildman–Crippen MR) is 81.9 cm³/mol. The molecule has 1 nitrogen and oxygen atoms in total. The van der Waals surface area contributed by atoms with Crippen molar-refractivity contribution in [3.8, 4) is 0 Å². The number of carbonyl (C=O) groups excluding carboxylic acids is 1. The predicted octanol–water partition coefficient (Wildman–Crippen LogP) is 4.69. The number of allylic oxidation sites excluding steroid dienone is 1. The van der Waals surface area contributed by atoms with Crippen molar-refractivity contribution in [3.63, 3.8) is 0 Å². The molecular formula is C15H21ClOSi. The molecule has 0 saturated carbocycles. The Labute approximate surface area is 116 Å². The van der Waals surface area contributed by atoms with Crippen LogP contribution in [-0.2, 0) is 4.79 Å². The molecule has 0 N–H and O–H groups in total. The molecule has 0 aliphatic carbocycles. The summed E-state index contributed by atoms with van der Waals surface area (Å²) in [4.78, 5) is 12.4. The van der Waals surface area contributed by atoms with E-state index in [4.69, 9.17) is 11.6 Å². The molecule has 1 aromatic carbocycles. The van der Waals surface area contributed by atoms with E-state index in [0.29, 0.717) is 10.4 Å². The van der Waals surface area contributed by atoms with E-state index in [-0.39, 0.29) is 11.8 Å². The second-order valence-electron chi connectivity index (χ2n) is 5.72. The number of carbonyl (C=O) groups is 1. The maximum atomic E-state index is 12.4. The summed E-state index contributed by atoms with van der Waals surface area (Å²) in [5, 5.41) is 1.10. The van der Waals surface area contributed by atoms with Crippen LogP contribution in [0.5, 0.6) is 0 Å². The first-order chi connectivity index (χ1) is 8.27. The molecule has 3 heteroatoms. The van der Waals surface area contributed by atoms with Gasteiger partial charge in [-0.2, -0.15) is 0 Å². The van der Waals surface area contributed by atoms with Gasteiger partial charge in [-0.1, -0.05) is 56.4 Å². The van der Waals surface area contributed by atoms with Crippen LogP contribution in [0, 0.1) is 5.92 Å². The van der Waals surface area contributed by atoms with Crippen LogP contribution in [0.25, 0.3) is 0 Å². The average Bonchev–Trinajstić information content (AvgIpc) is 2.30. The van der Waals surface area contributed by atoms with Gasteiger partial charge in [-0.25, -0.2) is 0 Å². The van der Waals surface area contributed by atoms with Crippen molar-refractivity contribution in [2.24, 2.45) is 5.92 Å². The average molecular weight is 281 g/mol. The molecule has 98 valence electrons. The van der Waals surface area contributed by atoms with E-state index in [9.17, 15) is 4.79 Å². The lowest BCUT2D eigenvalue weighted by molar-refractivity contribution is -0.116. The maximum absolute atomic E-state index is 12.4. The molecule has 1 aromatic rings. The molecule has 0 bridgehead atoms. The zero-order valence-corrected chi connectivity index (χ0v) is 13.3. The molecule has 0 aliphatic rings. The van der Waals surface area contributed by atoms with Gasteiger partial charge in [-0.15, -0.1) is 6.58 Å². The first kappa shape index (κ1) is 15.2. The van der Waals surface area contributed by atoms with Gasteiger partial charge in [-0.05, 0) is 17.7 Å². The van der Waals surface area contributed by atoms with Crippen LogP contribution in [0.3, 0.4) is 0 Å². The van der Waals surface area contributed by atoms with E-state index in [1.165, 1.54) is 0 Å². The third-order valence-corrected chi connectivity index (χ3v) is 5.39. The maximum Gasteiger partial charge on any atom is 0.124 e. The van der Waals surface area contributed by atoms with Crippen molar-refractivity contribution in [1.82, 2.24) is 0 Å². The van der Waals surface area contributed by atoms with Gasteiger partial charge in [0.05, 0.1) is 0 Å². The van der Waals surface area contributed by atoms with E-state index < -0.39 is 8.07 Å². The number of hydrogen-bond donors (Lipinski definition) is 0. The van der Waals surface area contributed by atoms with E-state index >= 15 is 0 Å². The second-order valence-corrected chi connectivity index (χ2v) is 11.1. The van der Waals surface area contributed by atoms with Gasteiger partial charge in [0.25, 0.3) is 0 Å². The summed E-state index contributed by atoms with van der Waals surface area (Å²) in [5.41, 5.74) is 1.11. The molecule has 0 amide bonds. The first-order valence-electron chi connectivity index (χ1n) is 6.19. The molecule has 1 rings (SSSR count). The van der Waals surface area contributed by atoms with Crippen LogP contribution in [0.1, 0.15) is 18.4 Å². The Morgan fingerprint density at radius 1 is 1.28 bits per heavy atom. The Morgan fingerprint density at radius 2 is 1.78 bits per heavy atom. The molecule has 0 heterocycles. The Balaban J connectivity index is 3.00. The standard InChI is InChI=1S/C15H21ClOSi/c1-6-14(11(2)15(17)18(3,4)5)12-7-9-13(16)10-8-12/h6-11,14H,1H2,2-5H3/t11-,14-/m0/s1. The molecule has 0 radical (unpaired) electrons. The van der Waals surface area contributed by atoms with Crippen molar-refractivity contribution >= 4 is 25.1 Å². The van der Waals surface area contributed by atoms with Gasteiger partial charge in [0, 0.05) is 16.9 Å². The minimum absolute atomic E-state index is 0.0182. The molecule has 18 heavy (non-hydrogen) atoms. The molecule has 0 saturated heterocycles. The van der Waals surface area contributed by atoms with Crippen molar-refractivity contribution in [3.05, 3.63) is 47.5 Å². The molecule has 0 unspecified atom stereocenters. The quantitative estimate of drug-likeness (QED) is 0.565. The van der Waals surface area contributed by atoms with Gasteiger partial charge in [0.2, 0.25) is 0 Å².